The number of nitrogens with one attached hydrogen (secondary N) is 1. The first-order valence-electron chi connectivity index (χ1n) is 11.9. The minimum absolute atomic E-state index is 0.0760. The van der Waals surface area contributed by atoms with Gasteiger partial charge in [-0.05, 0) is 48.5 Å². The zero-order valence-electron chi connectivity index (χ0n) is 20.6. The lowest BCUT2D eigenvalue weighted by atomic mass is 10.1. The summed E-state index contributed by atoms with van der Waals surface area (Å²) in [6.07, 6.45) is 3.11. The first kappa shape index (κ1) is 25.2. The number of anilines is 1. The van der Waals surface area contributed by atoms with Gasteiger partial charge >= 0.3 is 0 Å². The van der Waals surface area contributed by atoms with Crippen LogP contribution in [0.2, 0.25) is 0 Å². The van der Waals surface area contributed by atoms with Crippen molar-refractivity contribution >= 4 is 38.4 Å². The summed E-state index contributed by atoms with van der Waals surface area (Å²) in [7, 11) is -2.43. The summed E-state index contributed by atoms with van der Waals surface area (Å²) in [5.74, 6) is -0.118. The molecule has 1 N–H and O–H groups in total. The smallest absolute Gasteiger partial charge is 0.264 e. The summed E-state index contributed by atoms with van der Waals surface area (Å²) in [6, 6.07) is 18.1. The van der Waals surface area contributed by atoms with Crippen LogP contribution in [0, 0.1) is 0 Å². The van der Waals surface area contributed by atoms with Crippen LogP contribution in [-0.2, 0) is 10.0 Å². The highest BCUT2D eigenvalue weighted by atomic mass is 32.2. The van der Waals surface area contributed by atoms with Gasteiger partial charge in [-0.15, -0.1) is 0 Å². The minimum Gasteiger partial charge on any atom is -0.480 e. The maximum absolute atomic E-state index is 13.1. The van der Waals surface area contributed by atoms with Crippen LogP contribution in [0.25, 0.3) is 10.9 Å². The largest absolute Gasteiger partial charge is 0.480 e. The van der Waals surface area contributed by atoms with Gasteiger partial charge in [0.15, 0.2) is 0 Å². The van der Waals surface area contributed by atoms with Crippen molar-refractivity contribution in [1.82, 2.24) is 19.8 Å². The molecule has 1 saturated heterocycles. The Morgan fingerprint density at radius 3 is 2.16 bits per heavy atom. The summed E-state index contributed by atoms with van der Waals surface area (Å²) >= 11 is 0. The van der Waals surface area contributed by atoms with E-state index >= 15 is 0 Å². The van der Waals surface area contributed by atoms with Gasteiger partial charge in [0.2, 0.25) is 5.88 Å². The SMILES string of the molecule is COc1ncccc1C(=O)N1CCN(C(=O)c2ccc(NS(=O)(=O)c3cccc4cccnc34)cc2)CC1. The molecule has 0 saturated carbocycles. The number of carbonyl (C=O) groups is 2. The van der Waals surface area contributed by atoms with Crippen molar-refractivity contribution in [3.05, 3.63) is 90.3 Å². The van der Waals surface area contributed by atoms with Gasteiger partial charge in [-0.3, -0.25) is 19.3 Å². The normalized spacial score (nSPS) is 13.8. The Bertz CT molecular complexity index is 1590. The Morgan fingerprint density at radius 2 is 1.45 bits per heavy atom. The second-order valence-corrected chi connectivity index (χ2v) is 10.3. The fraction of sp³-hybridized carbons (Fsp3) is 0.185. The Balaban J connectivity index is 1.23. The standard InChI is InChI=1S/C27H25N5O5S/c1-37-25-22(7-4-14-29-25)27(34)32-17-15-31(16-18-32)26(33)20-9-11-21(12-10-20)30-38(35,36)23-8-2-5-19-6-3-13-28-24(19)23/h2-14,30H,15-18H2,1H3. The summed E-state index contributed by atoms with van der Waals surface area (Å²) < 4.78 is 33.8. The van der Waals surface area contributed by atoms with Crippen molar-refractivity contribution in [1.29, 1.82) is 0 Å². The van der Waals surface area contributed by atoms with Gasteiger partial charge < -0.3 is 14.5 Å². The maximum atomic E-state index is 13.1. The number of rotatable bonds is 6. The van der Waals surface area contributed by atoms with Crippen molar-refractivity contribution < 1.29 is 22.7 Å². The van der Waals surface area contributed by atoms with E-state index in [9.17, 15) is 18.0 Å². The molecular formula is C27H25N5O5S. The van der Waals surface area contributed by atoms with Gasteiger partial charge in [0.1, 0.15) is 10.5 Å². The predicted octanol–water partition coefficient (Wildman–Crippen LogP) is 3.04. The van der Waals surface area contributed by atoms with Crippen molar-refractivity contribution in [3.63, 3.8) is 0 Å². The highest BCUT2D eigenvalue weighted by Crippen LogP contribution is 2.24. The lowest BCUT2D eigenvalue weighted by Gasteiger charge is -2.35. The minimum atomic E-state index is -3.89. The number of hydrogen-bond donors (Lipinski definition) is 1. The quantitative estimate of drug-likeness (QED) is 0.406. The molecule has 2 aromatic heterocycles. The van der Waals surface area contributed by atoms with Crippen LogP contribution in [0.15, 0.2) is 84.0 Å². The summed E-state index contributed by atoms with van der Waals surface area (Å²) in [5.41, 5.74) is 1.52. The van der Waals surface area contributed by atoms with E-state index in [-0.39, 0.29) is 22.6 Å². The molecule has 0 bridgehead atoms. The lowest BCUT2D eigenvalue weighted by molar-refractivity contribution is 0.0533. The number of carbonyl (C=O) groups excluding carboxylic acids is 2. The van der Waals surface area contributed by atoms with Crippen LogP contribution in [0.4, 0.5) is 5.69 Å². The second kappa shape index (κ2) is 10.5. The lowest BCUT2D eigenvalue weighted by Crippen LogP contribution is -2.50. The molecule has 0 spiro atoms. The summed E-state index contributed by atoms with van der Waals surface area (Å²) in [6.45, 7) is 1.49. The highest BCUT2D eigenvalue weighted by Gasteiger charge is 2.27. The molecule has 2 amide bonds. The van der Waals surface area contributed by atoms with Crippen LogP contribution < -0.4 is 9.46 Å². The number of para-hydroxylation sites is 1. The number of sulfonamides is 1. The number of amides is 2. The second-order valence-electron chi connectivity index (χ2n) is 8.66. The molecule has 0 atom stereocenters. The Morgan fingerprint density at radius 1 is 0.816 bits per heavy atom. The van der Waals surface area contributed by atoms with E-state index in [0.717, 1.165) is 5.39 Å². The topological polar surface area (TPSA) is 122 Å². The molecule has 10 nitrogen and oxygen atoms in total. The average Bonchev–Trinajstić information content (AvgIpc) is 2.96. The molecular weight excluding hydrogens is 506 g/mol. The summed E-state index contributed by atoms with van der Waals surface area (Å²) in [5, 5.41) is 0.720. The number of aromatic nitrogens is 2. The van der Waals surface area contributed by atoms with E-state index in [2.05, 4.69) is 14.7 Å². The molecule has 38 heavy (non-hydrogen) atoms. The zero-order chi connectivity index (χ0) is 26.7. The number of fused-ring (bicyclic) bond motifs is 1. The van der Waals surface area contributed by atoms with Crippen molar-refractivity contribution in [2.75, 3.05) is 38.0 Å². The van der Waals surface area contributed by atoms with Gasteiger partial charge in [-0.1, -0.05) is 18.2 Å². The van der Waals surface area contributed by atoms with Crippen molar-refractivity contribution in [3.8, 4) is 5.88 Å². The zero-order valence-corrected chi connectivity index (χ0v) is 21.4. The fourth-order valence-electron chi connectivity index (χ4n) is 4.37. The molecule has 0 radical (unpaired) electrons. The third kappa shape index (κ3) is 5.00. The molecule has 5 rings (SSSR count). The number of pyridine rings is 2. The van der Waals surface area contributed by atoms with Crippen LogP contribution in [0.1, 0.15) is 20.7 Å². The van der Waals surface area contributed by atoms with E-state index in [1.807, 2.05) is 0 Å². The molecule has 1 fully saturated rings. The van der Waals surface area contributed by atoms with Crippen LogP contribution in [-0.4, -0.2) is 73.3 Å². The van der Waals surface area contributed by atoms with Gasteiger partial charge in [-0.2, -0.15) is 0 Å². The monoisotopic (exact) mass is 531 g/mol. The fourth-order valence-corrected chi connectivity index (χ4v) is 5.60. The van der Waals surface area contributed by atoms with E-state index in [1.165, 1.54) is 13.2 Å². The molecule has 4 aromatic rings. The molecule has 1 aliphatic heterocycles. The number of nitrogens with zero attached hydrogens (tertiary/aromatic N) is 4. The first-order valence-corrected chi connectivity index (χ1v) is 13.4. The van der Waals surface area contributed by atoms with Crippen molar-refractivity contribution in [2.45, 2.75) is 4.90 Å². The number of methoxy groups -OCH3 is 1. The number of benzene rings is 2. The predicted molar refractivity (Wildman–Crippen MR) is 142 cm³/mol. The Labute approximate surface area is 219 Å². The molecule has 0 aliphatic carbocycles. The van der Waals surface area contributed by atoms with Gasteiger partial charge in [0.25, 0.3) is 21.8 Å². The summed E-state index contributed by atoms with van der Waals surface area (Å²) in [4.78, 5) is 37.7. The van der Waals surface area contributed by atoms with Crippen LogP contribution in [0.5, 0.6) is 5.88 Å². The first-order chi connectivity index (χ1) is 18.4. The third-order valence-corrected chi connectivity index (χ3v) is 7.73. The van der Waals surface area contributed by atoms with Crippen LogP contribution in [0.3, 0.4) is 0 Å². The maximum Gasteiger partial charge on any atom is 0.264 e. The van der Waals surface area contributed by atoms with E-state index in [4.69, 9.17) is 4.74 Å². The number of piperazine rings is 1. The van der Waals surface area contributed by atoms with Gasteiger partial charge in [-0.25, -0.2) is 13.4 Å². The van der Waals surface area contributed by atoms with E-state index < -0.39 is 10.0 Å². The Hall–Kier alpha value is -4.51. The number of hydrogen-bond acceptors (Lipinski definition) is 7. The van der Waals surface area contributed by atoms with Gasteiger partial charge in [0.05, 0.1) is 12.6 Å². The molecule has 0 unspecified atom stereocenters. The highest BCUT2D eigenvalue weighted by molar-refractivity contribution is 7.93. The average molecular weight is 532 g/mol. The third-order valence-electron chi connectivity index (χ3n) is 6.32. The Kier molecular flexibility index (Phi) is 6.93. The van der Waals surface area contributed by atoms with Crippen molar-refractivity contribution in [2.24, 2.45) is 0 Å². The molecule has 2 aromatic carbocycles. The number of ether oxygens (including phenoxy) is 1. The molecule has 194 valence electrons. The molecule has 3 heterocycles. The molecule has 1 aliphatic rings. The van der Waals surface area contributed by atoms with Crippen LogP contribution >= 0.6 is 0 Å². The van der Waals surface area contributed by atoms with E-state index in [0.29, 0.717) is 48.5 Å². The molecule has 11 heteroatoms. The van der Waals surface area contributed by atoms with Gasteiger partial charge in [0, 0.05) is 55.2 Å². The van der Waals surface area contributed by atoms with E-state index in [1.54, 1.807) is 82.9 Å².